The van der Waals surface area contributed by atoms with E-state index in [4.69, 9.17) is 9.47 Å². The molecule has 1 aliphatic heterocycles. The second-order valence-corrected chi connectivity index (χ2v) is 8.63. The fourth-order valence-electron chi connectivity index (χ4n) is 3.73. The van der Waals surface area contributed by atoms with Gasteiger partial charge in [0.25, 0.3) is 0 Å². The molecule has 8 heteroatoms. The van der Waals surface area contributed by atoms with E-state index in [1.54, 1.807) is 33.3 Å². The Labute approximate surface area is 186 Å². The van der Waals surface area contributed by atoms with Crippen LogP contribution in [0.15, 0.2) is 35.7 Å². The monoisotopic (exact) mass is 448 g/mol. The summed E-state index contributed by atoms with van der Waals surface area (Å²) >= 11 is 1.68. The van der Waals surface area contributed by atoms with Crippen molar-refractivity contribution >= 4 is 23.2 Å². The van der Waals surface area contributed by atoms with E-state index in [2.05, 4.69) is 0 Å². The summed E-state index contributed by atoms with van der Waals surface area (Å²) in [5.41, 5.74) is 1.07. The third-order valence-electron chi connectivity index (χ3n) is 5.65. The van der Waals surface area contributed by atoms with Gasteiger partial charge in [0.2, 0.25) is 11.8 Å². The number of halogens is 1. The summed E-state index contributed by atoms with van der Waals surface area (Å²) in [4.78, 5) is 30.5. The minimum absolute atomic E-state index is 0.00369. The van der Waals surface area contributed by atoms with Crippen molar-refractivity contribution in [2.45, 2.75) is 38.8 Å². The van der Waals surface area contributed by atoms with E-state index in [0.29, 0.717) is 12.3 Å². The maximum Gasteiger partial charge on any atom is 0.249 e. The minimum Gasteiger partial charge on any atom is -0.491 e. The minimum atomic E-state index is -0.326. The molecule has 2 atom stereocenters. The van der Waals surface area contributed by atoms with Gasteiger partial charge in [-0.1, -0.05) is 6.92 Å². The first kappa shape index (κ1) is 23.2. The number of methoxy groups -OCH3 is 1. The van der Waals surface area contributed by atoms with Crippen molar-refractivity contribution in [2.75, 3.05) is 33.4 Å². The quantitative estimate of drug-likeness (QED) is 0.587. The van der Waals surface area contributed by atoms with Gasteiger partial charge in [0.1, 0.15) is 31.3 Å². The molecule has 1 aliphatic rings. The highest BCUT2D eigenvalue weighted by molar-refractivity contribution is 7.10. The normalized spacial score (nSPS) is 16.5. The highest BCUT2D eigenvalue weighted by Crippen LogP contribution is 2.34. The van der Waals surface area contributed by atoms with Crippen molar-refractivity contribution in [3.05, 3.63) is 52.0 Å². The summed E-state index contributed by atoms with van der Waals surface area (Å²) in [5.74, 6) is -0.0905. The second kappa shape index (κ2) is 10.7. The molecule has 2 amide bonds. The summed E-state index contributed by atoms with van der Waals surface area (Å²) < 4.78 is 24.1. The molecule has 0 aliphatic carbocycles. The topological polar surface area (TPSA) is 59.1 Å². The number of fused-ring (bicyclic) bond motifs is 1. The first-order valence-corrected chi connectivity index (χ1v) is 11.3. The number of benzene rings is 1. The van der Waals surface area contributed by atoms with E-state index < -0.39 is 0 Å². The van der Waals surface area contributed by atoms with Gasteiger partial charge in [0, 0.05) is 24.6 Å². The van der Waals surface area contributed by atoms with E-state index in [0.717, 1.165) is 18.4 Å². The van der Waals surface area contributed by atoms with E-state index in [-0.39, 0.29) is 49.5 Å². The first-order chi connectivity index (χ1) is 14.9. The lowest BCUT2D eigenvalue weighted by Crippen LogP contribution is -2.50. The molecule has 31 heavy (non-hydrogen) atoms. The van der Waals surface area contributed by atoms with Crippen molar-refractivity contribution in [1.82, 2.24) is 9.80 Å². The van der Waals surface area contributed by atoms with Gasteiger partial charge in [0.15, 0.2) is 0 Å². The molecule has 0 radical (unpaired) electrons. The zero-order chi connectivity index (χ0) is 22.4. The van der Waals surface area contributed by atoms with Gasteiger partial charge in [-0.15, -0.1) is 11.3 Å². The molecule has 0 fully saturated rings. The first-order valence-electron chi connectivity index (χ1n) is 10.5. The van der Waals surface area contributed by atoms with Crippen LogP contribution in [0, 0.1) is 5.82 Å². The smallest absolute Gasteiger partial charge is 0.249 e. The molecule has 0 unspecified atom stereocenters. The Morgan fingerprint density at radius 1 is 1.29 bits per heavy atom. The van der Waals surface area contributed by atoms with Gasteiger partial charge >= 0.3 is 0 Å². The predicted molar refractivity (Wildman–Crippen MR) is 118 cm³/mol. The number of thiophene rings is 1. The molecule has 1 aromatic heterocycles. The molecule has 0 spiro atoms. The van der Waals surface area contributed by atoms with Crippen LogP contribution < -0.4 is 4.74 Å². The summed E-state index contributed by atoms with van der Waals surface area (Å²) in [7, 11) is 1.47. The molecular weight excluding hydrogens is 419 g/mol. The number of carbonyl (C=O) groups excluding carboxylic acids is 2. The van der Waals surface area contributed by atoms with Crippen LogP contribution in [0.3, 0.4) is 0 Å². The van der Waals surface area contributed by atoms with Gasteiger partial charge in [-0.05, 0) is 61.0 Å². The molecule has 2 aromatic rings. The fourth-order valence-corrected chi connectivity index (χ4v) is 4.66. The number of rotatable bonds is 9. The van der Waals surface area contributed by atoms with Crippen LogP contribution >= 0.6 is 11.3 Å². The standard InChI is InChI=1S/C23H29FN2O4S/c1-4-16(2)26(23(28)15-29-3)13-22(27)25-11-9-21-19(10-12-31-21)20(25)14-30-18-7-5-17(24)6-8-18/h5-8,10,12,16,20H,4,9,11,13-15H2,1-3H3/t16-,20+/m1/s1. The number of hydrogen-bond acceptors (Lipinski definition) is 5. The Kier molecular flexibility index (Phi) is 8.03. The highest BCUT2D eigenvalue weighted by atomic mass is 32.1. The van der Waals surface area contributed by atoms with Gasteiger partial charge < -0.3 is 19.3 Å². The van der Waals surface area contributed by atoms with Crippen molar-refractivity contribution < 1.29 is 23.5 Å². The molecule has 2 heterocycles. The molecule has 6 nitrogen and oxygen atoms in total. The number of nitrogens with zero attached hydrogens (tertiary/aromatic N) is 2. The van der Waals surface area contributed by atoms with Crippen molar-refractivity contribution in [3.8, 4) is 5.75 Å². The largest absolute Gasteiger partial charge is 0.491 e. The zero-order valence-electron chi connectivity index (χ0n) is 18.2. The van der Waals surface area contributed by atoms with Gasteiger partial charge in [-0.2, -0.15) is 0 Å². The molecule has 168 valence electrons. The molecular formula is C23H29FN2O4S. The van der Waals surface area contributed by atoms with Crippen LogP contribution in [0.1, 0.15) is 36.8 Å². The maximum atomic E-state index is 13.3. The molecule has 0 saturated carbocycles. The summed E-state index contributed by atoms with van der Waals surface area (Å²) in [6.45, 7) is 4.70. The van der Waals surface area contributed by atoms with E-state index in [1.807, 2.05) is 25.3 Å². The molecule has 3 rings (SSSR count). The maximum absolute atomic E-state index is 13.3. The lowest BCUT2D eigenvalue weighted by molar-refractivity contribution is -0.146. The van der Waals surface area contributed by atoms with Crippen LogP contribution in [0.5, 0.6) is 5.75 Å². The fraction of sp³-hybridized carbons (Fsp3) is 0.478. The Balaban J connectivity index is 1.77. The summed E-state index contributed by atoms with van der Waals surface area (Å²) in [6.07, 6.45) is 1.52. The molecule has 0 bridgehead atoms. The van der Waals surface area contributed by atoms with Crippen molar-refractivity contribution in [2.24, 2.45) is 0 Å². The molecule has 0 saturated heterocycles. The SMILES string of the molecule is CC[C@@H](C)N(CC(=O)N1CCc2sccc2[C@@H]1COc1ccc(F)cc1)C(=O)COC. The Morgan fingerprint density at radius 2 is 2.03 bits per heavy atom. The van der Waals surface area contributed by atoms with Crippen LogP contribution in [0.2, 0.25) is 0 Å². The number of hydrogen-bond donors (Lipinski definition) is 0. The highest BCUT2D eigenvalue weighted by Gasteiger charge is 2.34. The van der Waals surface area contributed by atoms with Crippen LogP contribution in [0.4, 0.5) is 4.39 Å². The number of carbonyl (C=O) groups is 2. The Bertz CT molecular complexity index is 886. The molecule has 1 aromatic carbocycles. The van der Waals surface area contributed by atoms with Crippen molar-refractivity contribution in [3.63, 3.8) is 0 Å². The van der Waals surface area contributed by atoms with Crippen LogP contribution in [-0.2, 0) is 20.7 Å². The Morgan fingerprint density at radius 3 is 2.71 bits per heavy atom. The lowest BCUT2D eigenvalue weighted by Gasteiger charge is -2.38. The summed E-state index contributed by atoms with van der Waals surface area (Å²) in [6, 6.07) is 7.55. The average molecular weight is 449 g/mol. The predicted octanol–water partition coefficient (Wildman–Crippen LogP) is 3.67. The third-order valence-corrected chi connectivity index (χ3v) is 6.65. The zero-order valence-corrected chi connectivity index (χ0v) is 19.0. The van der Waals surface area contributed by atoms with Gasteiger partial charge in [-0.3, -0.25) is 9.59 Å². The number of amides is 2. The third kappa shape index (κ3) is 5.62. The lowest BCUT2D eigenvalue weighted by atomic mass is 10.00. The van der Waals surface area contributed by atoms with Gasteiger partial charge in [0.05, 0.1) is 6.04 Å². The van der Waals surface area contributed by atoms with Crippen LogP contribution in [-0.4, -0.2) is 61.1 Å². The van der Waals surface area contributed by atoms with Crippen LogP contribution in [0.25, 0.3) is 0 Å². The van der Waals surface area contributed by atoms with E-state index in [1.165, 1.54) is 24.1 Å². The summed E-state index contributed by atoms with van der Waals surface area (Å²) in [5, 5.41) is 2.02. The van der Waals surface area contributed by atoms with Crippen molar-refractivity contribution in [1.29, 1.82) is 0 Å². The average Bonchev–Trinajstić information content (AvgIpc) is 3.25. The van der Waals surface area contributed by atoms with E-state index in [9.17, 15) is 14.0 Å². The van der Waals surface area contributed by atoms with E-state index >= 15 is 0 Å². The Hall–Kier alpha value is -2.45. The second-order valence-electron chi connectivity index (χ2n) is 7.63. The molecule has 0 N–H and O–H groups in total. The number of ether oxygens (including phenoxy) is 2. The van der Waals surface area contributed by atoms with Gasteiger partial charge in [-0.25, -0.2) is 4.39 Å².